The first-order valence-corrected chi connectivity index (χ1v) is 6.22. The number of amides is 1. The summed E-state index contributed by atoms with van der Waals surface area (Å²) in [5.74, 6) is -2.44. The van der Waals surface area contributed by atoms with Crippen molar-refractivity contribution in [3.63, 3.8) is 0 Å². The van der Waals surface area contributed by atoms with Crippen molar-refractivity contribution in [2.45, 2.75) is 13.0 Å². The molecule has 21 heavy (non-hydrogen) atoms. The Kier molecular flexibility index (Phi) is 4.59. The summed E-state index contributed by atoms with van der Waals surface area (Å²) < 4.78 is 39.5. The fraction of sp³-hybridized carbons (Fsp3) is 0.133. The van der Waals surface area contributed by atoms with Gasteiger partial charge in [-0.15, -0.1) is 0 Å². The van der Waals surface area contributed by atoms with E-state index in [0.29, 0.717) is 11.8 Å². The lowest BCUT2D eigenvalue weighted by Crippen LogP contribution is -2.15. The van der Waals surface area contributed by atoms with E-state index in [0.717, 1.165) is 6.07 Å². The normalized spacial score (nSPS) is 10.5. The Balaban J connectivity index is 2.08. The Morgan fingerprint density at radius 2 is 1.76 bits per heavy atom. The van der Waals surface area contributed by atoms with Gasteiger partial charge in [-0.05, 0) is 29.8 Å². The number of hydrogen-bond acceptors (Lipinski definition) is 2. The molecule has 110 valence electrons. The van der Waals surface area contributed by atoms with E-state index in [1.165, 1.54) is 24.3 Å². The standard InChI is InChI=1S/C15H13F3N2O/c16-11-2-1-9(14(18)7-11)6-15(21)20-12-3-4-13(17)10(5-12)8-19/h1-5,7H,6,8,19H2,(H,20,21). The third-order valence-electron chi connectivity index (χ3n) is 2.92. The second-order valence-corrected chi connectivity index (χ2v) is 4.47. The molecule has 1 amide bonds. The van der Waals surface area contributed by atoms with E-state index < -0.39 is 23.4 Å². The maximum atomic E-state index is 13.4. The third kappa shape index (κ3) is 3.82. The zero-order chi connectivity index (χ0) is 15.4. The van der Waals surface area contributed by atoms with E-state index in [1.54, 1.807) is 0 Å². The molecule has 0 spiro atoms. The van der Waals surface area contributed by atoms with Crippen LogP contribution < -0.4 is 11.1 Å². The average Bonchev–Trinajstić information content (AvgIpc) is 2.44. The van der Waals surface area contributed by atoms with Crippen LogP contribution in [0, 0.1) is 17.5 Å². The van der Waals surface area contributed by atoms with Gasteiger partial charge in [-0.25, -0.2) is 13.2 Å². The summed E-state index contributed by atoms with van der Waals surface area (Å²) >= 11 is 0. The van der Waals surface area contributed by atoms with Crippen LogP contribution in [0.4, 0.5) is 18.9 Å². The monoisotopic (exact) mass is 294 g/mol. The lowest BCUT2D eigenvalue weighted by molar-refractivity contribution is -0.115. The van der Waals surface area contributed by atoms with Crippen LogP contribution in [0.3, 0.4) is 0 Å². The molecule has 0 bridgehead atoms. The molecule has 0 saturated carbocycles. The summed E-state index contributed by atoms with van der Waals surface area (Å²) in [5, 5.41) is 2.51. The van der Waals surface area contributed by atoms with Crippen LogP contribution in [-0.4, -0.2) is 5.91 Å². The molecule has 3 nitrogen and oxygen atoms in total. The summed E-state index contributed by atoms with van der Waals surface area (Å²) in [7, 11) is 0. The minimum atomic E-state index is -0.785. The Hall–Kier alpha value is -2.34. The van der Waals surface area contributed by atoms with Crippen LogP contribution in [-0.2, 0) is 17.8 Å². The highest BCUT2D eigenvalue weighted by molar-refractivity contribution is 5.92. The Morgan fingerprint density at radius 1 is 1.00 bits per heavy atom. The molecule has 0 saturated heterocycles. The van der Waals surface area contributed by atoms with Gasteiger partial charge in [0.15, 0.2) is 0 Å². The molecule has 0 heterocycles. The number of halogens is 3. The molecule has 0 aliphatic carbocycles. The topological polar surface area (TPSA) is 55.1 Å². The van der Waals surface area contributed by atoms with Crippen LogP contribution in [0.1, 0.15) is 11.1 Å². The number of nitrogens with one attached hydrogen (secondary N) is 1. The molecule has 6 heteroatoms. The molecule has 0 aliphatic rings. The molecule has 0 aliphatic heterocycles. The first-order valence-electron chi connectivity index (χ1n) is 6.22. The van der Waals surface area contributed by atoms with Crippen molar-refractivity contribution in [1.29, 1.82) is 0 Å². The van der Waals surface area contributed by atoms with Crippen molar-refractivity contribution >= 4 is 11.6 Å². The summed E-state index contributed by atoms with van der Waals surface area (Å²) in [5.41, 5.74) is 6.08. The van der Waals surface area contributed by atoms with Crippen LogP contribution in [0.15, 0.2) is 36.4 Å². The van der Waals surface area contributed by atoms with Gasteiger partial charge in [-0.1, -0.05) is 6.07 Å². The number of anilines is 1. The highest BCUT2D eigenvalue weighted by Gasteiger charge is 2.10. The van der Waals surface area contributed by atoms with Gasteiger partial charge in [0.25, 0.3) is 0 Å². The van der Waals surface area contributed by atoms with Crippen LogP contribution in [0.5, 0.6) is 0 Å². The van der Waals surface area contributed by atoms with Crippen molar-refractivity contribution < 1.29 is 18.0 Å². The number of benzene rings is 2. The molecule has 0 atom stereocenters. The molecule has 2 aromatic carbocycles. The molecule has 0 unspecified atom stereocenters. The molecule has 0 aromatic heterocycles. The zero-order valence-corrected chi connectivity index (χ0v) is 11.0. The van der Waals surface area contributed by atoms with Crippen molar-refractivity contribution in [3.8, 4) is 0 Å². The summed E-state index contributed by atoms with van der Waals surface area (Å²) in [6, 6.07) is 6.99. The van der Waals surface area contributed by atoms with Gasteiger partial charge in [0, 0.05) is 23.9 Å². The quantitative estimate of drug-likeness (QED) is 0.911. The number of carbonyl (C=O) groups excluding carboxylic acids is 1. The van der Waals surface area contributed by atoms with Crippen molar-refractivity contribution in [2.24, 2.45) is 5.73 Å². The van der Waals surface area contributed by atoms with E-state index in [1.807, 2.05) is 0 Å². The SMILES string of the molecule is NCc1cc(NC(=O)Cc2ccc(F)cc2F)ccc1F. The van der Waals surface area contributed by atoms with E-state index in [9.17, 15) is 18.0 Å². The molecule has 3 N–H and O–H groups in total. The molecule has 2 rings (SSSR count). The number of rotatable bonds is 4. The first kappa shape index (κ1) is 15.1. The predicted octanol–water partition coefficient (Wildman–Crippen LogP) is 2.74. The van der Waals surface area contributed by atoms with E-state index >= 15 is 0 Å². The highest BCUT2D eigenvalue weighted by Crippen LogP contribution is 2.15. The van der Waals surface area contributed by atoms with Gasteiger partial charge < -0.3 is 11.1 Å². The second-order valence-electron chi connectivity index (χ2n) is 4.47. The smallest absolute Gasteiger partial charge is 0.228 e. The van der Waals surface area contributed by atoms with Crippen LogP contribution >= 0.6 is 0 Å². The molecule has 2 aromatic rings. The van der Waals surface area contributed by atoms with Gasteiger partial charge >= 0.3 is 0 Å². The van der Waals surface area contributed by atoms with Gasteiger partial charge in [-0.3, -0.25) is 4.79 Å². The molecular formula is C15H13F3N2O. The van der Waals surface area contributed by atoms with E-state index in [-0.39, 0.29) is 24.1 Å². The maximum Gasteiger partial charge on any atom is 0.228 e. The van der Waals surface area contributed by atoms with Gasteiger partial charge in [0.1, 0.15) is 17.5 Å². The Bertz CT molecular complexity index is 674. The maximum absolute atomic E-state index is 13.4. The Labute approximate surface area is 119 Å². The fourth-order valence-corrected chi connectivity index (χ4v) is 1.85. The average molecular weight is 294 g/mol. The lowest BCUT2D eigenvalue weighted by Gasteiger charge is -2.08. The number of nitrogens with two attached hydrogens (primary N) is 1. The second kappa shape index (κ2) is 6.41. The van der Waals surface area contributed by atoms with E-state index in [4.69, 9.17) is 5.73 Å². The largest absolute Gasteiger partial charge is 0.326 e. The van der Waals surface area contributed by atoms with Gasteiger partial charge in [0.05, 0.1) is 6.42 Å². The lowest BCUT2D eigenvalue weighted by atomic mass is 10.1. The van der Waals surface area contributed by atoms with E-state index in [2.05, 4.69) is 5.32 Å². The fourth-order valence-electron chi connectivity index (χ4n) is 1.85. The summed E-state index contributed by atoms with van der Waals surface area (Å²) in [4.78, 5) is 11.8. The van der Waals surface area contributed by atoms with Crippen LogP contribution in [0.25, 0.3) is 0 Å². The number of carbonyl (C=O) groups is 1. The highest BCUT2D eigenvalue weighted by atomic mass is 19.1. The third-order valence-corrected chi connectivity index (χ3v) is 2.92. The summed E-state index contributed by atoms with van der Waals surface area (Å²) in [6.07, 6.45) is -0.249. The molecule has 0 radical (unpaired) electrons. The van der Waals surface area contributed by atoms with Crippen molar-refractivity contribution in [1.82, 2.24) is 0 Å². The first-order chi connectivity index (χ1) is 9.99. The summed E-state index contributed by atoms with van der Waals surface area (Å²) in [6.45, 7) is 0.00212. The molecular weight excluding hydrogens is 281 g/mol. The van der Waals surface area contributed by atoms with Crippen molar-refractivity contribution in [2.75, 3.05) is 5.32 Å². The van der Waals surface area contributed by atoms with Crippen molar-refractivity contribution in [3.05, 3.63) is 65.0 Å². The number of hydrogen-bond donors (Lipinski definition) is 2. The van der Waals surface area contributed by atoms with Gasteiger partial charge in [-0.2, -0.15) is 0 Å². The minimum Gasteiger partial charge on any atom is -0.326 e. The zero-order valence-electron chi connectivity index (χ0n) is 11.0. The van der Waals surface area contributed by atoms with Gasteiger partial charge in [0.2, 0.25) is 5.91 Å². The predicted molar refractivity (Wildman–Crippen MR) is 73.0 cm³/mol. The Morgan fingerprint density at radius 3 is 2.43 bits per heavy atom. The minimum absolute atomic E-state index is 0.00212. The van der Waals surface area contributed by atoms with Crippen LogP contribution in [0.2, 0.25) is 0 Å². The molecule has 0 fully saturated rings.